The maximum atomic E-state index is 3.84. The topological polar surface area (TPSA) is 4.93 Å². The second-order valence-electron chi connectivity index (χ2n) is 6.90. The van der Waals surface area contributed by atoms with E-state index in [1.165, 1.54) is 51.1 Å². The van der Waals surface area contributed by atoms with Crippen molar-refractivity contribution in [2.45, 2.75) is 64.3 Å². The van der Waals surface area contributed by atoms with E-state index in [-0.39, 0.29) is 0 Å². The molecule has 0 amide bonds. The minimum Gasteiger partial charge on any atom is -0.343 e. The van der Waals surface area contributed by atoms with Crippen molar-refractivity contribution in [3.63, 3.8) is 0 Å². The van der Waals surface area contributed by atoms with Crippen molar-refractivity contribution in [1.82, 2.24) is 4.57 Å². The highest BCUT2D eigenvalue weighted by Gasteiger charge is 2.23. The van der Waals surface area contributed by atoms with Gasteiger partial charge < -0.3 is 4.57 Å². The largest absolute Gasteiger partial charge is 0.343 e. The molecular weight excluding hydrogens is 298 g/mol. The van der Waals surface area contributed by atoms with Crippen LogP contribution >= 0.6 is 11.8 Å². The molecule has 0 bridgehead atoms. The van der Waals surface area contributed by atoms with Gasteiger partial charge in [0.05, 0.1) is 0 Å². The zero-order chi connectivity index (χ0) is 16.6. The second-order valence-corrected chi connectivity index (χ2v) is 8.16. The van der Waals surface area contributed by atoms with Gasteiger partial charge in [-0.05, 0) is 61.1 Å². The number of benzene rings is 1. The van der Waals surface area contributed by atoms with Crippen LogP contribution in [0.25, 0.3) is 10.9 Å². The van der Waals surface area contributed by atoms with E-state index >= 15 is 0 Å². The van der Waals surface area contributed by atoms with Crippen LogP contribution in [0.1, 0.15) is 56.4 Å². The lowest BCUT2D eigenvalue weighted by Gasteiger charge is -2.17. The Morgan fingerprint density at radius 2 is 2.09 bits per heavy atom. The molecule has 23 heavy (non-hydrogen) atoms. The standard InChI is InChI=1S/C21H27NS/c1-6-9-16(5)23-21-18-10-7-8-11-22(18)19-13-15(4)12-17(14(2)3)20(19)21/h6,9,12-14H,1,7-8,10-11H2,2-5H3/b16-9+. The van der Waals surface area contributed by atoms with Gasteiger partial charge in [-0.25, -0.2) is 0 Å². The fourth-order valence-electron chi connectivity index (χ4n) is 3.66. The molecule has 1 nitrogen and oxygen atoms in total. The zero-order valence-corrected chi connectivity index (χ0v) is 15.6. The first-order valence-electron chi connectivity index (χ1n) is 8.65. The number of aryl methyl sites for hydroxylation is 2. The van der Waals surface area contributed by atoms with E-state index in [0.29, 0.717) is 5.92 Å². The van der Waals surface area contributed by atoms with Crippen molar-refractivity contribution in [2.75, 3.05) is 0 Å². The minimum absolute atomic E-state index is 0.546. The minimum atomic E-state index is 0.546. The van der Waals surface area contributed by atoms with Gasteiger partial charge in [0.25, 0.3) is 0 Å². The lowest BCUT2D eigenvalue weighted by Crippen LogP contribution is -2.09. The first-order valence-corrected chi connectivity index (χ1v) is 9.47. The normalized spacial score (nSPS) is 15.3. The van der Waals surface area contributed by atoms with Crippen LogP contribution in [0.2, 0.25) is 0 Å². The van der Waals surface area contributed by atoms with Crippen molar-refractivity contribution in [3.05, 3.63) is 52.6 Å². The first-order chi connectivity index (χ1) is 11.0. The molecule has 0 unspecified atom stereocenters. The van der Waals surface area contributed by atoms with Crippen LogP contribution in [0.15, 0.2) is 40.7 Å². The zero-order valence-electron chi connectivity index (χ0n) is 14.8. The Kier molecular flexibility index (Phi) is 4.72. The van der Waals surface area contributed by atoms with Crippen LogP contribution in [0.5, 0.6) is 0 Å². The molecule has 0 fully saturated rings. The Morgan fingerprint density at radius 1 is 1.30 bits per heavy atom. The van der Waals surface area contributed by atoms with Gasteiger partial charge in [0.1, 0.15) is 0 Å². The molecule has 0 spiro atoms. The summed E-state index contributed by atoms with van der Waals surface area (Å²) in [6.07, 6.45) is 7.82. The number of fused-ring (bicyclic) bond motifs is 3. The fraction of sp³-hybridized carbons (Fsp3) is 0.429. The summed E-state index contributed by atoms with van der Waals surface area (Å²) in [5.74, 6) is 0.546. The SMILES string of the molecule is C=C/C=C(\C)Sc1c2n(c3cc(C)cc(C(C)C)c13)CCCC2. The van der Waals surface area contributed by atoms with Gasteiger partial charge in [-0.3, -0.25) is 0 Å². The quantitative estimate of drug-likeness (QED) is 0.453. The molecule has 0 N–H and O–H groups in total. The molecule has 0 aliphatic carbocycles. The molecule has 1 aromatic carbocycles. The van der Waals surface area contributed by atoms with Gasteiger partial charge in [0.15, 0.2) is 0 Å². The summed E-state index contributed by atoms with van der Waals surface area (Å²) in [6.45, 7) is 14.0. The molecule has 2 heteroatoms. The van der Waals surface area contributed by atoms with Gasteiger partial charge in [0, 0.05) is 28.0 Å². The van der Waals surface area contributed by atoms with E-state index in [1.807, 2.05) is 17.8 Å². The number of nitrogens with zero attached hydrogens (tertiary/aromatic N) is 1. The summed E-state index contributed by atoms with van der Waals surface area (Å²) < 4.78 is 2.58. The van der Waals surface area contributed by atoms with Crippen LogP contribution in [-0.4, -0.2) is 4.57 Å². The number of hydrogen-bond acceptors (Lipinski definition) is 1. The average molecular weight is 326 g/mol. The van der Waals surface area contributed by atoms with Crippen molar-refractivity contribution in [1.29, 1.82) is 0 Å². The fourth-order valence-corrected chi connectivity index (χ4v) is 4.80. The molecule has 0 atom stereocenters. The summed E-state index contributed by atoms with van der Waals surface area (Å²) >= 11 is 1.93. The molecule has 1 aliphatic heterocycles. The molecule has 0 radical (unpaired) electrons. The molecule has 2 aromatic rings. The Bertz CT molecular complexity index is 777. The predicted molar refractivity (Wildman–Crippen MR) is 104 cm³/mol. The molecule has 1 aliphatic rings. The summed E-state index contributed by atoms with van der Waals surface area (Å²) in [4.78, 5) is 2.80. The summed E-state index contributed by atoms with van der Waals surface area (Å²) in [5.41, 5.74) is 5.86. The summed E-state index contributed by atoms with van der Waals surface area (Å²) in [5, 5.41) is 1.49. The Labute approximate surface area is 144 Å². The van der Waals surface area contributed by atoms with Crippen molar-refractivity contribution in [3.8, 4) is 0 Å². The van der Waals surface area contributed by atoms with E-state index in [2.05, 4.69) is 57.0 Å². The monoisotopic (exact) mass is 325 g/mol. The molecule has 0 saturated carbocycles. The molecular formula is C21H27NS. The van der Waals surface area contributed by atoms with Gasteiger partial charge >= 0.3 is 0 Å². The van der Waals surface area contributed by atoms with Crippen LogP contribution < -0.4 is 0 Å². The number of hydrogen-bond donors (Lipinski definition) is 0. The molecule has 1 aromatic heterocycles. The third kappa shape index (κ3) is 3.01. The van der Waals surface area contributed by atoms with Crippen LogP contribution in [0, 0.1) is 6.92 Å². The van der Waals surface area contributed by atoms with E-state index in [9.17, 15) is 0 Å². The van der Waals surface area contributed by atoms with Gasteiger partial charge in [-0.1, -0.05) is 50.4 Å². The third-order valence-corrected chi connectivity index (χ3v) is 5.78. The summed E-state index contributed by atoms with van der Waals surface area (Å²) in [7, 11) is 0. The van der Waals surface area contributed by atoms with Crippen LogP contribution in [0.4, 0.5) is 0 Å². The van der Waals surface area contributed by atoms with Crippen LogP contribution in [-0.2, 0) is 13.0 Å². The van der Waals surface area contributed by atoms with Crippen molar-refractivity contribution < 1.29 is 0 Å². The third-order valence-electron chi connectivity index (χ3n) is 4.68. The number of aromatic nitrogens is 1. The number of thioether (sulfide) groups is 1. The van der Waals surface area contributed by atoms with Crippen LogP contribution in [0.3, 0.4) is 0 Å². The lowest BCUT2D eigenvalue weighted by atomic mass is 9.97. The maximum absolute atomic E-state index is 3.84. The highest BCUT2D eigenvalue weighted by Crippen LogP contribution is 2.43. The predicted octanol–water partition coefficient (Wildman–Crippen LogP) is 6.59. The van der Waals surface area contributed by atoms with Crippen molar-refractivity contribution in [2.24, 2.45) is 0 Å². The molecule has 3 rings (SSSR count). The highest BCUT2D eigenvalue weighted by molar-refractivity contribution is 8.03. The summed E-state index contributed by atoms with van der Waals surface area (Å²) in [6, 6.07) is 4.77. The van der Waals surface area contributed by atoms with Crippen molar-refractivity contribution >= 4 is 22.7 Å². The van der Waals surface area contributed by atoms with E-state index < -0.39 is 0 Å². The van der Waals surface area contributed by atoms with Gasteiger partial charge in [0.2, 0.25) is 0 Å². The number of rotatable bonds is 4. The maximum Gasteiger partial charge on any atom is 0.0499 e. The lowest BCUT2D eigenvalue weighted by molar-refractivity contribution is 0.538. The molecule has 2 heterocycles. The smallest absolute Gasteiger partial charge is 0.0499 e. The average Bonchev–Trinajstić information content (AvgIpc) is 2.81. The Balaban J connectivity index is 2.31. The molecule has 0 saturated heterocycles. The highest BCUT2D eigenvalue weighted by atomic mass is 32.2. The van der Waals surface area contributed by atoms with E-state index in [4.69, 9.17) is 0 Å². The second kappa shape index (κ2) is 6.60. The van der Waals surface area contributed by atoms with E-state index in [0.717, 1.165) is 6.54 Å². The van der Waals surface area contributed by atoms with E-state index in [1.54, 1.807) is 5.69 Å². The Morgan fingerprint density at radius 3 is 2.78 bits per heavy atom. The first kappa shape index (κ1) is 16.4. The Hall–Kier alpha value is -1.41. The molecule has 122 valence electrons. The van der Waals surface area contributed by atoms with Gasteiger partial charge in [-0.2, -0.15) is 0 Å². The number of allylic oxidation sites excluding steroid dienone is 3. The van der Waals surface area contributed by atoms with Gasteiger partial charge in [-0.15, -0.1) is 0 Å².